The van der Waals surface area contributed by atoms with E-state index in [1.165, 1.54) is 36.8 Å². The first kappa shape index (κ1) is 16.3. The largest absolute Gasteiger partial charge is 0.323 e. The van der Waals surface area contributed by atoms with Crippen molar-refractivity contribution in [2.75, 3.05) is 12.4 Å². The molecule has 1 aromatic rings. The van der Waals surface area contributed by atoms with Crippen LogP contribution < -0.4 is 5.32 Å². The van der Waals surface area contributed by atoms with Crippen molar-refractivity contribution in [1.82, 2.24) is 4.90 Å². The first-order valence-electron chi connectivity index (χ1n) is 7.85. The molecule has 2 rings (SSSR count). The van der Waals surface area contributed by atoms with E-state index in [-0.39, 0.29) is 6.03 Å². The number of hydrogen-bond acceptors (Lipinski definition) is 1. The molecule has 3 nitrogen and oxygen atoms in total. The lowest BCUT2D eigenvalue weighted by molar-refractivity contribution is 0.218. The lowest BCUT2D eigenvalue weighted by Crippen LogP contribution is -2.35. The number of benzene rings is 1. The second-order valence-electron chi connectivity index (χ2n) is 5.92. The summed E-state index contributed by atoms with van der Waals surface area (Å²) in [6.45, 7) is 5.19. The number of fused-ring (bicyclic) bond motifs is 1. The fourth-order valence-corrected chi connectivity index (χ4v) is 3.79. The molecule has 0 aliphatic carbocycles. The normalized spacial score (nSPS) is 17.1. The summed E-state index contributed by atoms with van der Waals surface area (Å²) in [6, 6.07) is 6.38. The molecule has 2 atom stereocenters. The van der Waals surface area contributed by atoms with Crippen LogP contribution in [0, 0.1) is 5.92 Å². The molecule has 2 amide bonds. The third-order valence-corrected chi connectivity index (χ3v) is 5.59. The highest BCUT2D eigenvalue weighted by molar-refractivity contribution is 9.09. The van der Waals surface area contributed by atoms with Crippen LogP contribution in [0.1, 0.15) is 55.5 Å². The van der Waals surface area contributed by atoms with E-state index in [9.17, 15) is 4.79 Å². The first-order valence-corrected chi connectivity index (χ1v) is 8.77. The fourth-order valence-electron chi connectivity index (χ4n) is 2.87. The van der Waals surface area contributed by atoms with Gasteiger partial charge in [0.25, 0.3) is 0 Å². The molecule has 1 heterocycles. The minimum Gasteiger partial charge on any atom is -0.323 e. The SMILES string of the molecule is CCCCC(CC)C(Br)c1ccc2c(c1)CN(C)C(=O)N2. The van der Waals surface area contributed by atoms with Crippen molar-refractivity contribution in [2.45, 2.75) is 50.9 Å². The molecule has 0 bridgehead atoms. The Balaban J connectivity index is 2.17. The number of alkyl halides is 1. The predicted molar refractivity (Wildman–Crippen MR) is 91.9 cm³/mol. The molecule has 21 heavy (non-hydrogen) atoms. The highest BCUT2D eigenvalue weighted by atomic mass is 79.9. The van der Waals surface area contributed by atoms with E-state index >= 15 is 0 Å². The molecule has 116 valence electrons. The number of urea groups is 1. The van der Waals surface area contributed by atoms with Gasteiger partial charge in [-0.15, -0.1) is 0 Å². The molecule has 1 aliphatic heterocycles. The van der Waals surface area contributed by atoms with Gasteiger partial charge in [-0.1, -0.05) is 61.2 Å². The second-order valence-corrected chi connectivity index (χ2v) is 6.90. The Morgan fingerprint density at radius 1 is 1.38 bits per heavy atom. The first-order chi connectivity index (χ1) is 10.1. The predicted octanol–water partition coefficient (Wildman–Crippen LogP) is 5.32. The Kier molecular flexibility index (Phi) is 5.68. The molecule has 4 heteroatoms. The highest BCUT2D eigenvalue weighted by Crippen LogP contribution is 2.38. The summed E-state index contributed by atoms with van der Waals surface area (Å²) in [5.74, 6) is 0.666. The van der Waals surface area contributed by atoms with Crippen LogP contribution in [0.5, 0.6) is 0 Å². The Morgan fingerprint density at radius 2 is 2.14 bits per heavy atom. The van der Waals surface area contributed by atoms with Crippen LogP contribution in [0.2, 0.25) is 0 Å². The van der Waals surface area contributed by atoms with E-state index in [0.717, 1.165) is 5.69 Å². The minimum absolute atomic E-state index is 0.0278. The maximum atomic E-state index is 11.7. The maximum Gasteiger partial charge on any atom is 0.321 e. The van der Waals surface area contributed by atoms with Crippen molar-refractivity contribution >= 4 is 27.6 Å². The molecule has 0 radical (unpaired) electrons. The van der Waals surface area contributed by atoms with Gasteiger partial charge >= 0.3 is 6.03 Å². The van der Waals surface area contributed by atoms with Crippen LogP contribution in [0.15, 0.2) is 18.2 Å². The van der Waals surface area contributed by atoms with Gasteiger partial charge in [-0.2, -0.15) is 0 Å². The zero-order valence-corrected chi connectivity index (χ0v) is 14.7. The van der Waals surface area contributed by atoms with Crippen LogP contribution in [0.4, 0.5) is 10.5 Å². The van der Waals surface area contributed by atoms with Crippen LogP contribution >= 0.6 is 15.9 Å². The Morgan fingerprint density at radius 3 is 2.81 bits per heavy atom. The van der Waals surface area contributed by atoms with Gasteiger partial charge in [0.15, 0.2) is 0 Å². The van der Waals surface area contributed by atoms with Crippen LogP contribution in [0.3, 0.4) is 0 Å². The summed E-state index contributed by atoms with van der Waals surface area (Å²) in [6.07, 6.45) is 4.97. The van der Waals surface area contributed by atoms with Crippen molar-refractivity contribution < 1.29 is 4.79 Å². The van der Waals surface area contributed by atoms with Crippen LogP contribution in [-0.2, 0) is 6.54 Å². The molecule has 1 aliphatic rings. The Labute approximate surface area is 136 Å². The van der Waals surface area contributed by atoms with Crippen LogP contribution in [0.25, 0.3) is 0 Å². The molecular weight excluding hydrogens is 328 g/mol. The van der Waals surface area contributed by atoms with Gasteiger partial charge in [-0.05, 0) is 29.5 Å². The third kappa shape index (κ3) is 3.79. The minimum atomic E-state index is -0.0278. The number of hydrogen-bond donors (Lipinski definition) is 1. The number of halogens is 1. The van der Waals surface area contributed by atoms with Gasteiger partial charge in [0.1, 0.15) is 0 Å². The van der Waals surface area contributed by atoms with Gasteiger partial charge in [0.05, 0.1) is 0 Å². The monoisotopic (exact) mass is 352 g/mol. The summed E-state index contributed by atoms with van der Waals surface area (Å²) in [5, 5.41) is 2.92. The van der Waals surface area contributed by atoms with Gasteiger partial charge in [-0.3, -0.25) is 0 Å². The van der Waals surface area contributed by atoms with E-state index in [0.29, 0.717) is 17.3 Å². The van der Waals surface area contributed by atoms with Crippen molar-refractivity contribution in [3.05, 3.63) is 29.3 Å². The Hall–Kier alpha value is -1.03. The topological polar surface area (TPSA) is 32.3 Å². The molecule has 2 unspecified atom stereocenters. The number of rotatable bonds is 6. The lowest BCUT2D eigenvalue weighted by Gasteiger charge is -2.28. The Bertz CT molecular complexity index is 504. The lowest BCUT2D eigenvalue weighted by atomic mass is 9.91. The third-order valence-electron chi connectivity index (χ3n) is 4.31. The van der Waals surface area contributed by atoms with Crippen molar-refractivity contribution in [3.63, 3.8) is 0 Å². The number of anilines is 1. The molecule has 0 fully saturated rings. The molecular formula is C17H25BrN2O. The average molecular weight is 353 g/mol. The summed E-state index contributed by atoms with van der Waals surface area (Å²) >= 11 is 3.90. The number of amides is 2. The second kappa shape index (κ2) is 7.30. The van der Waals surface area contributed by atoms with E-state index in [1.807, 2.05) is 13.1 Å². The van der Waals surface area contributed by atoms with Gasteiger partial charge in [-0.25, -0.2) is 4.79 Å². The van der Waals surface area contributed by atoms with Gasteiger partial charge in [0.2, 0.25) is 0 Å². The van der Waals surface area contributed by atoms with E-state index in [1.54, 1.807) is 4.90 Å². The van der Waals surface area contributed by atoms with Crippen molar-refractivity contribution in [1.29, 1.82) is 0 Å². The van der Waals surface area contributed by atoms with E-state index in [2.05, 4.69) is 47.2 Å². The molecule has 0 spiro atoms. The van der Waals surface area contributed by atoms with E-state index in [4.69, 9.17) is 0 Å². The van der Waals surface area contributed by atoms with Crippen molar-refractivity contribution in [2.24, 2.45) is 5.92 Å². The molecule has 0 saturated carbocycles. The molecule has 0 saturated heterocycles. The summed E-state index contributed by atoms with van der Waals surface area (Å²) in [4.78, 5) is 13.8. The maximum absolute atomic E-state index is 11.7. The molecule has 1 N–H and O–H groups in total. The number of carbonyl (C=O) groups excluding carboxylic acids is 1. The zero-order valence-electron chi connectivity index (χ0n) is 13.2. The standard InChI is InChI=1S/C17H25BrN2O/c1-4-6-7-12(5-2)16(18)13-8-9-15-14(10-13)11-20(3)17(21)19-15/h8-10,12,16H,4-7,11H2,1-3H3,(H,19,21). The van der Waals surface area contributed by atoms with Crippen LogP contribution in [-0.4, -0.2) is 18.0 Å². The van der Waals surface area contributed by atoms with Gasteiger partial charge in [0, 0.05) is 24.1 Å². The number of carbonyl (C=O) groups is 1. The number of nitrogens with zero attached hydrogens (tertiary/aromatic N) is 1. The number of nitrogens with one attached hydrogen (secondary N) is 1. The molecule has 1 aromatic carbocycles. The van der Waals surface area contributed by atoms with Crippen molar-refractivity contribution in [3.8, 4) is 0 Å². The summed E-state index contributed by atoms with van der Waals surface area (Å²) < 4.78 is 0. The number of unbranched alkanes of at least 4 members (excludes halogenated alkanes) is 1. The average Bonchev–Trinajstić information content (AvgIpc) is 2.48. The quantitative estimate of drug-likeness (QED) is 0.690. The summed E-state index contributed by atoms with van der Waals surface area (Å²) in [5.41, 5.74) is 3.47. The summed E-state index contributed by atoms with van der Waals surface area (Å²) in [7, 11) is 1.83. The smallest absolute Gasteiger partial charge is 0.321 e. The van der Waals surface area contributed by atoms with Gasteiger partial charge < -0.3 is 10.2 Å². The zero-order chi connectivity index (χ0) is 15.4. The molecule has 0 aromatic heterocycles. The highest BCUT2D eigenvalue weighted by Gasteiger charge is 2.23. The fraction of sp³-hybridized carbons (Fsp3) is 0.588. The van der Waals surface area contributed by atoms with E-state index < -0.39 is 0 Å².